The molecule has 1 fully saturated rings. The Bertz CT molecular complexity index is 691. The van der Waals surface area contributed by atoms with Crippen molar-refractivity contribution in [2.45, 2.75) is 39.2 Å². The highest BCUT2D eigenvalue weighted by atomic mass is 16.2. The Labute approximate surface area is 141 Å². The first-order valence-corrected chi connectivity index (χ1v) is 8.60. The molecule has 1 aliphatic rings. The first kappa shape index (κ1) is 16.6. The van der Waals surface area contributed by atoms with Crippen molar-refractivity contribution in [2.75, 3.05) is 31.5 Å². The van der Waals surface area contributed by atoms with Gasteiger partial charge in [0.05, 0.1) is 6.54 Å². The second-order valence-corrected chi connectivity index (χ2v) is 6.28. The minimum absolute atomic E-state index is 0.124. The monoisotopic (exact) mass is 331 g/mol. The van der Waals surface area contributed by atoms with Crippen LogP contribution in [-0.4, -0.2) is 62.8 Å². The van der Waals surface area contributed by atoms with Crippen LogP contribution >= 0.6 is 0 Å². The van der Waals surface area contributed by atoms with Crippen molar-refractivity contribution < 1.29 is 4.79 Å². The van der Waals surface area contributed by atoms with Crippen molar-refractivity contribution in [3.8, 4) is 0 Å². The van der Waals surface area contributed by atoms with Crippen LogP contribution in [0, 0.1) is 6.92 Å². The summed E-state index contributed by atoms with van der Waals surface area (Å²) in [6.45, 7) is 7.05. The summed E-state index contributed by atoms with van der Waals surface area (Å²) in [5.41, 5.74) is 0.756. The topological polar surface area (TPSA) is 87.5 Å². The minimum atomic E-state index is 0.124. The molecule has 0 spiro atoms. The highest BCUT2D eigenvalue weighted by molar-refractivity contribution is 5.77. The van der Waals surface area contributed by atoms with E-state index < -0.39 is 0 Å². The number of piperidine rings is 1. The van der Waals surface area contributed by atoms with Crippen molar-refractivity contribution in [1.29, 1.82) is 0 Å². The summed E-state index contributed by atoms with van der Waals surface area (Å²) in [5.74, 6) is 1.74. The van der Waals surface area contributed by atoms with Crippen molar-refractivity contribution >= 4 is 17.4 Å². The molecule has 1 amide bonds. The van der Waals surface area contributed by atoms with Crippen LogP contribution in [0.5, 0.6) is 0 Å². The number of fused-ring (bicyclic) bond motifs is 1. The first-order valence-electron chi connectivity index (χ1n) is 8.60. The van der Waals surface area contributed by atoms with Gasteiger partial charge in [0.1, 0.15) is 5.82 Å². The number of aryl methyl sites for hydroxylation is 1. The molecule has 2 aromatic rings. The molecule has 8 nitrogen and oxygen atoms in total. The minimum Gasteiger partial charge on any atom is -0.366 e. The van der Waals surface area contributed by atoms with E-state index in [2.05, 4.69) is 37.8 Å². The van der Waals surface area contributed by atoms with E-state index >= 15 is 0 Å². The van der Waals surface area contributed by atoms with Crippen LogP contribution in [0.3, 0.4) is 0 Å². The average Bonchev–Trinajstić information content (AvgIpc) is 2.96. The lowest BCUT2D eigenvalue weighted by molar-refractivity contribution is -0.122. The predicted octanol–water partition coefficient (Wildman–Crippen LogP) is 0.835. The van der Waals surface area contributed by atoms with Crippen LogP contribution in [0.15, 0.2) is 12.1 Å². The zero-order chi connectivity index (χ0) is 16.9. The molecule has 130 valence electrons. The fourth-order valence-electron chi connectivity index (χ4n) is 2.94. The number of likely N-dealkylation sites (tertiary alicyclic amines) is 1. The second-order valence-electron chi connectivity index (χ2n) is 6.28. The number of rotatable bonds is 6. The second kappa shape index (κ2) is 7.57. The van der Waals surface area contributed by atoms with E-state index in [1.807, 2.05) is 19.1 Å². The van der Waals surface area contributed by atoms with Crippen molar-refractivity contribution in [2.24, 2.45) is 0 Å². The van der Waals surface area contributed by atoms with Crippen molar-refractivity contribution in [1.82, 2.24) is 30.0 Å². The highest BCUT2D eigenvalue weighted by Gasteiger charge is 2.21. The van der Waals surface area contributed by atoms with Crippen LogP contribution in [0.25, 0.3) is 5.65 Å². The third-order valence-corrected chi connectivity index (χ3v) is 4.30. The molecule has 8 heteroatoms. The number of amides is 1. The lowest BCUT2D eigenvalue weighted by Gasteiger charge is -2.32. The van der Waals surface area contributed by atoms with Gasteiger partial charge in [-0.15, -0.1) is 15.3 Å². The van der Waals surface area contributed by atoms with Gasteiger partial charge < -0.3 is 10.6 Å². The zero-order valence-electron chi connectivity index (χ0n) is 14.3. The third kappa shape index (κ3) is 4.00. The molecule has 0 aromatic carbocycles. The Morgan fingerprint density at radius 1 is 1.29 bits per heavy atom. The quantitative estimate of drug-likeness (QED) is 0.815. The van der Waals surface area contributed by atoms with Crippen LogP contribution < -0.4 is 10.6 Å². The number of anilines is 1. The molecule has 0 radical (unpaired) electrons. The summed E-state index contributed by atoms with van der Waals surface area (Å²) < 4.78 is 1.75. The molecule has 3 heterocycles. The molecule has 1 saturated heterocycles. The van der Waals surface area contributed by atoms with Gasteiger partial charge in [0.2, 0.25) is 5.91 Å². The van der Waals surface area contributed by atoms with Gasteiger partial charge in [0, 0.05) is 25.7 Å². The van der Waals surface area contributed by atoms with Gasteiger partial charge in [0.15, 0.2) is 11.5 Å². The van der Waals surface area contributed by atoms with Gasteiger partial charge in [-0.3, -0.25) is 9.69 Å². The average molecular weight is 331 g/mol. The maximum absolute atomic E-state index is 11.8. The normalized spacial score (nSPS) is 16.4. The molecule has 3 rings (SSSR count). The van der Waals surface area contributed by atoms with Gasteiger partial charge in [-0.2, -0.15) is 4.52 Å². The van der Waals surface area contributed by atoms with E-state index in [0.717, 1.165) is 56.2 Å². The van der Waals surface area contributed by atoms with Gasteiger partial charge in [0.25, 0.3) is 0 Å². The maximum Gasteiger partial charge on any atom is 0.234 e. The number of nitrogens with one attached hydrogen (secondary N) is 2. The Morgan fingerprint density at radius 2 is 2.08 bits per heavy atom. The number of carbonyl (C=O) groups is 1. The predicted molar refractivity (Wildman–Crippen MR) is 91.9 cm³/mol. The molecule has 0 saturated carbocycles. The molecule has 2 aromatic heterocycles. The largest absolute Gasteiger partial charge is 0.366 e. The summed E-state index contributed by atoms with van der Waals surface area (Å²) in [4.78, 5) is 14.0. The number of hydrogen-bond donors (Lipinski definition) is 2. The standard InChI is InChI=1S/C16H25N7O/c1-3-8-17-16(24)11-22-9-6-13(7-10-22)18-14-4-5-15-20-19-12(2)23(15)21-14/h4-5,13H,3,6-11H2,1-2H3,(H,17,24)(H,18,21). The molecule has 0 unspecified atom stereocenters. The van der Waals surface area contributed by atoms with Crippen molar-refractivity contribution in [3.05, 3.63) is 18.0 Å². The summed E-state index contributed by atoms with van der Waals surface area (Å²) in [6.07, 6.45) is 2.98. The van der Waals surface area contributed by atoms with Crippen molar-refractivity contribution in [3.63, 3.8) is 0 Å². The van der Waals surface area contributed by atoms with Gasteiger partial charge in [-0.1, -0.05) is 6.92 Å². The first-order chi connectivity index (χ1) is 11.7. The summed E-state index contributed by atoms with van der Waals surface area (Å²) in [7, 11) is 0. The Kier molecular flexibility index (Phi) is 5.24. The number of nitrogens with zero attached hydrogens (tertiary/aromatic N) is 5. The van der Waals surface area contributed by atoms with Crippen LogP contribution in [-0.2, 0) is 4.79 Å². The van der Waals surface area contributed by atoms with E-state index in [-0.39, 0.29) is 5.91 Å². The van der Waals surface area contributed by atoms with Crippen LogP contribution in [0.1, 0.15) is 32.0 Å². The van der Waals surface area contributed by atoms with Crippen LogP contribution in [0.2, 0.25) is 0 Å². The lowest BCUT2D eigenvalue weighted by atomic mass is 10.1. The fourth-order valence-corrected chi connectivity index (χ4v) is 2.94. The van der Waals surface area contributed by atoms with Crippen LogP contribution in [0.4, 0.5) is 5.82 Å². The smallest absolute Gasteiger partial charge is 0.234 e. The highest BCUT2D eigenvalue weighted by Crippen LogP contribution is 2.15. The number of aromatic nitrogens is 4. The molecule has 2 N–H and O–H groups in total. The fraction of sp³-hybridized carbons (Fsp3) is 0.625. The Hall–Kier alpha value is -2.22. The Morgan fingerprint density at radius 3 is 2.83 bits per heavy atom. The van der Waals surface area contributed by atoms with Gasteiger partial charge >= 0.3 is 0 Å². The third-order valence-electron chi connectivity index (χ3n) is 4.30. The van der Waals surface area contributed by atoms with E-state index in [4.69, 9.17) is 0 Å². The molecule has 1 aliphatic heterocycles. The number of hydrogen-bond acceptors (Lipinski definition) is 6. The molecule has 24 heavy (non-hydrogen) atoms. The molecule has 0 aliphatic carbocycles. The summed E-state index contributed by atoms with van der Waals surface area (Å²) in [5, 5.41) is 19.0. The van der Waals surface area contributed by atoms with Gasteiger partial charge in [-0.25, -0.2) is 0 Å². The maximum atomic E-state index is 11.8. The number of carbonyl (C=O) groups excluding carboxylic acids is 1. The summed E-state index contributed by atoms with van der Waals surface area (Å²) >= 11 is 0. The lowest BCUT2D eigenvalue weighted by Crippen LogP contribution is -2.44. The summed E-state index contributed by atoms with van der Waals surface area (Å²) in [6, 6.07) is 4.23. The van der Waals surface area contributed by atoms with E-state index in [1.165, 1.54) is 0 Å². The van der Waals surface area contributed by atoms with E-state index in [0.29, 0.717) is 12.6 Å². The molecular formula is C16H25N7O. The molecule has 0 bridgehead atoms. The molecular weight excluding hydrogens is 306 g/mol. The van der Waals surface area contributed by atoms with E-state index in [1.54, 1.807) is 4.52 Å². The van der Waals surface area contributed by atoms with E-state index in [9.17, 15) is 4.79 Å². The molecule has 0 atom stereocenters. The zero-order valence-corrected chi connectivity index (χ0v) is 14.3. The van der Waals surface area contributed by atoms with Gasteiger partial charge in [-0.05, 0) is 38.3 Å². The SMILES string of the molecule is CCCNC(=O)CN1CCC(Nc2ccc3nnc(C)n3n2)CC1. The Balaban J connectivity index is 1.49.